The molecule has 1 N–H and O–H groups in total. The molecule has 28 heavy (non-hydrogen) atoms. The predicted molar refractivity (Wildman–Crippen MR) is 113 cm³/mol. The minimum atomic E-state index is -0.134. The molecule has 0 bridgehead atoms. The average Bonchev–Trinajstić information content (AvgIpc) is 2.71. The number of likely N-dealkylation sites (tertiary alicyclic amines) is 1. The van der Waals surface area contributed by atoms with Gasteiger partial charge in [0.1, 0.15) is 0 Å². The van der Waals surface area contributed by atoms with Gasteiger partial charge in [0.05, 0.1) is 22.4 Å². The van der Waals surface area contributed by atoms with Gasteiger partial charge in [0, 0.05) is 17.8 Å². The maximum Gasteiger partial charge on any atom is 0.255 e. The van der Waals surface area contributed by atoms with Crippen LogP contribution in [0.5, 0.6) is 0 Å². The van der Waals surface area contributed by atoms with E-state index in [2.05, 4.69) is 32.3 Å². The van der Waals surface area contributed by atoms with Crippen molar-refractivity contribution in [2.75, 3.05) is 18.4 Å². The van der Waals surface area contributed by atoms with Crippen LogP contribution in [-0.4, -0.2) is 33.9 Å². The van der Waals surface area contributed by atoms with Gasteiger partial charge in [-0.1, -0.05) is 18.6 Å². The molecule has 1 aromatic heterocycles. The highest BCUT2D eigenvalue weighted by Crippen LogP contribution is 2.18. The van der Waals surface area contributed by atoms with Crippen LogP contribution in [0.4, 0.5) is 5.69 Å². The first-order chi connectivity index (χ1) is 13.6. The van der Waals surface area contributed by atoms with Crippen molar-refractivity contribution in [3.63, 3.8) is 0 Å². The lowest BCUT2D eigenvalue weighted by atomic mass is 10.1. The van der Waals surface area contributed by atoms with Gasteiger partial charge in [0.2, 0.25) is 0 Å². The second-order valence-corrected chi connectivity index (χ2v) is 7.59. The Morgan fingerprint density at radius 3 is 2.32 bits per heavy atom. The van der Waals surface area contributed by atoms with Crippen LogP contribution in [0, 0.1) is 13.8 Å². The number of amides is 1. The Labute approximate surface area is 165 Å². The van der Waals surface area contributed by atoms with Crippen molar-refractivity contribution in [3.05, 3.63) is 65.0 Å². The number of aromatic nitrogens is 2. The molecule has 3 aromatic rings. The fraction of sp³-hybridized carbons (Fsp3) is 0.348. The molecule has 5 nitrogen and oxygen atoms in total. The fourth-order valence-electron chi connectivity index (χ4n) is 3.64. The summed E-state index contributed by atoms with van der Waals surface area (Å²) >= 11 is 0. The van der Waals surface area contributed by atoms with Crippen LogP contribution in [0.15, 0.2) is 42.5 Å². The third-order valence-electron chi connectivity index (χ3n) is 5.40. The standard InChI is InChI=1S/C23H26N4O/c1-16-17(2)25-22-14-19(8-11-21(22)24-16)23(28)26-20-9-6-18(7-10-20)15-27-12-4-3-5-13-27/h6-11,14H,3-5,12-13,15H2,1-2H3,(H,26,28). The van der Waals surface area contributed by atoms with E-state index in [4.69, 9.17) is 0 Å². The maximum atomic E-state index is 12.6. The summed E-state index contributed by atoms with van der Waals surface area (Å²) in [6, 6.07) is 13.6. The Kier molecular flexibility index (Phi) is 5.35. The molecule has 1 saturated heterocycles. The van der Waals surface area contributed by atoms with Crippen LogP contribution in [0.25, 0.3) is 11.0 Å². The van der Waals surface area contributed by atoms with Crippen LogP contribution >= 0.6 is 0 Å². The number of carbonyl (C=O) groups excluding carboxylic acids is 1. The van der Waals surface area contributed by atoms with E-state index in [0.29, 0.717) is 5.56 Å². The Balaban J connectivity index is 1.44. The smallest absolute Gasteiger partial charge is 0.255 e. The molecule has 5 heteroatoms. The van der Waals surface area contributed by atoms with Crippen molar-refractivity contribution in [3.8, 4) is 0 Å². The van der Waals surface area contributed by atoms with E-state index < -0.39 is 0 Å². The Hall–Kier alpha value is -2.79. The van der Waals surface area contributed by atoms with E-state index in [1.807, 2.05) is 32.0 Å². The normalized spacial score (nSPS) is 14.9. The van der Waals surface area contributed by atoms with Crippen LogP contribution < -0.4 is 5.32 Å². The third kappa shape index (κ3) is 4.20. The maximum absolute atomic E-state index is 12.6. The molecular weight excluding hydrogens is 348 g/mol. The molecule has 0 spiro atoms. The Morgan fingerprint density at radius 1 is 0.929 bits per heavy atom. The number of fused-ring (bicyclic) bond motifs is 1. The zero-order valence-electron chi connectivity index (χ0n) is 16.5. The van der Waals surface area contributed by atoms with Gasteiger partial charge in [-0.15, -0.1) is 0 Å². The summed E-state index contributed by atoms with van der Waals surface area (Å²) in [6.45, 7) is 7.22. The predicted octanol–water partition coefficient (Wildman–Crippen LogP) is 4.48. The van der Waals surface area contributed by atoms with E-state index in [1.165, 1.54) is 37.9 Å². The second-order valence-electron chi connectivity index (χ2n) is 7.59. The number of hydrogen-bond donors (Lipinski definition) is 1. The summed E-state index contributed by atoms with van der Waals surface area (Å²) in [5.74, 6) is -0.134. The Morgan fingerprint density at radius 2 is 1.61 bits per heavy atom. The van der Waals surface area contributed by atoms with E-state index in [-0.39, 0.29) is 5.91 Å². The highest BCUT2D eigenvalue weighted by atomic mass is 16.1. The Bertz CT molecular complexity index is 991. The molecule has 0 atom stereocenters. The molecule has 2 heterocycles. The van der Waals surface area contributed by atoms with E-state index >= 15 is 0 Å². The highest BCUT2D eigenvalue weighted by molar-refractivity contribution is 6.05. The fourth-order valence-corrected chi connectivity index (χ4v) is 3.64. The van der Waals surface area contributed by atoms with Crippen LogP contribution in [0.3, 0.4) is 0 Å². The number of aryl methyl sites for hydroxylation is 2. The van der Waals surface area contributed by atoms with Gasteiger partial charge in [0.25, 0.3) is 5.91 Å². The lowest BCUT2D eigenvalue weighted by molar-refractivity contribution is 0.102. The van der Waals surface area contributed by atoms with Gasteiger partial charge >= 0.3 is 0 Å². The first-order valence-electron chi connectivity index (χ1n) is 9.96. The highest BCUT2D eigenvalue weighted by Gasteiger charge is 2.12. The largest absolute Gasteiger partial charge is 0.322 e. The van der Waals surface area contributed by atoms with E-state index in [1.54, 1.807) is 12.1 Å². The summed E-state index contributed by atoms with van der Waals surface area (Å²) in [4.78, 5) is 24.2. The second kappa shape index (κ2) is 8.07. The van der Waals surface area contributed by atoms with Crippen molar-refractivity contribution in [2.45, 2.75) is 39.7 Å². The minimum absolute atomic E-state index is 0.134. The molecule has 1 aliphatic heterocycles. The first-order valence-corrected chi connectivity index (χ1v) is 9.96. The summed E-state index contributed by atoms with van der Waals surface area (Å²) in [5, 5.41) is 2.98. The van der Waals surface area contributed by atoms with Gasteiger partial charge < -0.3 is 5.32 Å². The van der Waals surface area contributed by atoms with Gasteiger partial charge in [-0.05, 0) is 75.7 Å². The van der Waals surface area contributed by atoms with E-state index in [9.17, 15) is 4.79 Å². The number of hydrogen-bond acceptors (Lipinski definition) is 4. The number of anilines is 1. The zero-order valence-corrected chi connectivity index (χ0v) is 16.5. The monoisotopic (exact) mass is 374 g/mol. The molecule has 1 aliphatic rings. The molecule has 2 aromatic carbocycles. The third-order valence-corrected chi connectivity index (χ3v) is 5.40. The number of benzene rings is 2. The van der Waals surface area contributed by atoms with Crippen molar-refractivity contribution < 1.29 is 4.79 Å². The van der Waals surface area contributed by atoms with E-state index in [0.717, 1.165) is 34.7 Å². The average molecular weight is 374 g/mol. The van der Waals surface area contributed by atoms with Crippen LogP contribution in [0.2, 0.25) is 0 Å². The zero-order chi connectivity index (χ0) is 19.5. The lowest BCUT2D eigenvalue weighted by Gasteiger charge is -2.26. The topological polar surface area (TPSA) is 58.1 Å². The number of carbonyl (C=O) groups is 1. The molecule has 0 saturated carbocycles. The molecule has 0 unspecified atom stereocenters. The summed E-state index contributed by atoms with van der Waals surface area (Å²) in [7, 11) is 0. The van der Waals surface area contributed by atoms with Crippen molar-refractivity contribution in [1.29, 1.82) is 0 Å². The van der Waals surface area contributed by atoms with Gasteiger partial charge in [-0.2, -0.15) is 0 Å². The van der Waals surface area contributed by atoms with Gasteiger partial charge in [-0.3, -0.25) is 9.69 Å². The number of rotatable bonds is 4. The summed E-state index contributed by atoms with van der Waals surface area (Å²) < 4.78 is 0. The lowest BCUT2D eigenvalue weighted by Crippen LogP contribution is -2.29. The van der Waals surface area contributed by atoms with Gasteiger partial charge in [-0.25, -0.2) is 9.97 Å². The molecule has 4 rings (SSSR count). The molecule has 0 radical (unpaired) electrons. The minimum Gasteiger partial charge on any atom is -0.322 e. The summed E-state index contributed by atoms with van der Waals surface area (Å²) in [6.07, 6.45) is 3.94. The van der Waals surface area contributed by atoms with Crippen molar-refractivity contribution in [2.24, 2.45) is 0 Å². The quantitative estimate of drug-likeness (QED) is 0.731. The van der Waals surface area contributed by atoms with Crippen molar-refractivity contribution in [1.82, 2.24) is 14.9 Å². The molecule has 0 aliphatic carbocycles. The number of nitrogens with zero attached hydrogens (tertiary/aromatic N) is 3. The SMILES string of the molecule is Cc1nc2ccc(C(=O)Nc3ccc(CN4CCCCC4)cc3)cc2nc1C. The molecule has 1 amide bonds. The van der Waals surface area contributed by atoms with Crippen molar-refractivity contribution >= 4 is 22.6 Å². The summed E-state index contributed by atoms with van der Waals surface area (Å²) in [5.41, 5.74) is 6.02. The van der Waals surface area contributed by atoms with Crippen LogP contribution in [0.1, 0.15) is 46.6 Å². The number of nitrogens with one attached hydrogen (secondary N) is 1. The van der Waals surface area contributed by atoms with Gasteiger partial charge in [0.15, 0.2) is 0 Å². The number of piperidine rings is 1. The first kappa shape index (κ1) is 18.6. The molecule has 144 valence electrons. The molecule has 1 fully saturated rings. The van der Waals surface area contributed by atoms with Crippen LogP contribution in [-0.2, 0) is 6.54 Å². The molecular formula is C23H26N4O.